The van der Waals surface area contributed by atoms with E-state index in [1.54, 1.807) is 0 Å². The third-order valence-electron chi connectivity index (χ3n) is 7.79. The monoisotopic (exact) mass is 496 g/mol. The molecule has 3 aliphatic rings. The van der Waals surface area contributed by atoms with Gasteiger partial charge in [0.15, 0.2) is 11.6 Å². The molecule has 3 fully saturated rings. The Bertz CT molecular complexity index is 1060. The number of aromatic nitrogens is 2. The lowest BCUT2D eigenvalue weighted by molar-refractivity contribution is -0.0229. The van der Waals surface area contributed by atoms with Gasteiger partial charge in [-0.25, -0.2) is 22.0 Å². The fourth-order valence-electron chi connectivity index (χ4n) is 6.22. The van der Waals surface area contributed by atoms with Crippen molar-refractivity contribution in [3.8, 4) is 11.3 Å². The van der Waals surface area contributed by atoms with E-state index in [4.69, 9.17) is 0 Å². The molecule has 10 heteroatoms. The van der Waals surface area contributed by atoms with Gasteiger partial charge in [0.05, 0.1) is 5.60 Å². The largest absolute Gasteiger partial charge is 0.389 e. The molecule has 2 heterocycles. The van der Waals surface area contributed by atoms with Crippen molar-refractivity contribution in [1.82, 2.24) is 15.1 Å². The van der Waals surface area contributed by atoms with Gasteiger partial charge in [-0.1, -0.05) is 19.3 Å². The van der Waals surface area contributed by atoms with E-state index < -0.39 is 46.3 Å². The Morgan fingerprint density at radius 1 is 1.00 bits per heavy atom. The summed E-state index contributed by atoms with van der Waals surface area (Å²) in [6.07, 6.45) is 3.70. The van der Waals surface area contributed by atoms with Gasteiger partial charge in [0.2, 0.25) is 0 Å². The summed E-state index contributed by atoms with van der Waals surface area (Å²) in [5.41, 5.74) is -2.49. The second-order valence-corrected chi connectivity index (χ2v) is 10.4. The van der Waals surface area contributed by atoms with Crippen molar-refractivity contribution in [2.24, 2.45) is 11.8 Å². The number of benzene rings is 1. The molecule has 2 saturated carbocycles. The lowest BCUT2D eigenvalue weighted by atomic mass is 9.84. The Hall–Kier alpha value is -2.33. The van der Waals surface area contributed by atoms with Gasteiger partial charge >= 0.3 is 0 Å². The number of hydrogen-bond acceptors (Lipinski definition) is 5. The van der Waals surface area contributed by atoms with Gasteiger partial charge in [-0.2, -0.15) is 0 Å². The topological polar surface area (TPSA) is 61.3 Å². The Kier molecular flexibility index (Phi) is 6.69. The summed E-state index contributed by atoms with van der Waals surface area (Å²) in [5, 5.41) is 21.7. The molecule has 3 atom stereocenters. The molecule has 2 N–H and O–H groups in total. The number of aliphatic hydroxyl groups is 1. The van der Waals surface area contributed by atoms with Crippen molar-refractivity contribution in [1.29, 1.82) is 0 Å². The van der Waals surface area contributed by atoms with Gasteiger partial charge in [-0.3, -0.25) is 4.90 Å². The molecule has 0 unspecified atom stereocenters. The molecular weight excluding hydrogens is 467 g/mol. The minimum atomic E-state index is -3.03. The van der Waals surface area contributed by atoms with E-state index in [0.29, 0.717) is 30.5 Å². The highest BCUT2D eigenvalue weighted by Gasteiger charge is 2.43. The maximum atomic E-state index is 14.2. The van der Waals surface area contributed by atoms with Crippen LogP contribution in [0.4, 0.5) is 27.8 Å². The van der Waals surface area contributed by atoms with Crippen molar-refractivity contribution < 1.29 is 27.1 Å². The first-order chi connectivity index (χ1) is 16.7. The molecule has 5 rings (SSSR count). The van der Waals surface area contributed by atoms with Gasteiger partial charge in [0, 0.05) is 42.9 Å². The van der Waals surface area contributed by atoms with Crippen LogP contribution < -0.4 is 5.32 Å². The number of rotatable bonds is 6. The molecule has 35 heavy (non-hydrogen) atoms. The zero-order valence-electron chi connectivity index (χ0n) is 19.3. The molecule has 0 radical (unpaired) electrons. The van der Waals surface area contributed by atoms with Crippen LogP contribution in [0.5, 0.6) is 0 Å². The number of anilines is 1. The van der Waals surface area contributed by atoms with E-state index in [-0.39, 0.29) is 11.9 Å². The molecule has 190 valence electrons. The zero-order valence-corrected chi connectivity index (χ0v) is 19.3. The zero-order chi connectivity index (χ0) is 24.7. The van der Waals surface area contributed by atoms with Gasteiger partial charge in [-0.15, -0.1) is 10.2 Å². The lowest BCUT2D eigenvalue weighted by Gasteiger charge is -2.36. The first-order valence-corrected chi connectivity index (χ1v) is 12.2. The fourth-order valence-corrected chi connectivity index (χ4v) is 6.22. The molecule has 0 spiro atoms. The molecule has 1 aliphatic heterocycles. The summed E-state index contributed by atoms with van der Waals surface area (Å²) in [7, 11) is 0. The number of hydrogen-bond donors (Lipinski definition) is 2. The van der Waals surface area contributed by atoms with Crippen molar-refractivity contribution >= 4 is 5.82 Å². The number of fused-ring (bicyclic) bond motifs is 1. The summed E-state index contributed by atoms with van der Waals surface area (Å²) in [4.78, 5) is 2.35. The van der Waals surface area contributed by atoms with Crippen LogP contribution in [0.1, 0.15) is 56.9 Å². The normalized spacial score (nSPS) is 26.3. The summed E-state index contributed by atoms with van der Waals surface area (Å²) in [6, 6.07) is 2.08. The van der Waals surface area contributed by atoms with Gasteiger partial charge in [0.25, 0.3) is 6.43 Å². The molecule has 0 bridgehead atoms. The molecule has 2 aromatic rings. The molecule has 0 amide bonds. The summed E-state index contributed by atoms with van der Waals surface area (Å²) < 4.78 is 68.9. The number of halogens is 5. The van der Waals surface area contributed by atoms with Crippen LogP contribution in [0.15, 0.2) is 18.2 Å². The van der Waals surface area contributed by atoms with Crippen LogP contribution in [0.3, 0.4) is 0 Å². The average molecular weight is 497 g/mol. The molecule has 1 aromatic carbocycles. The van der Waals surface area contributed by atoms with Gasteiger partial charge in [0.1, 0.15) is 17.3 Å². The second-order valence-electron chi connectivity index (χ2n) is 10.4. The third-order valence-corrected chi connectivity index (χ3v) is 7.79. The van der Waals surface area contributed by atoms with Crippen LogP contribution >= 0.6 is 0 Å². The number of nitrogens with zero attached hydrogens (tertiary/aromatic N) is 3. The molecule has 1 aromatic heterocycles. The highest BCUT2D eigenvalue weighted by Crippen LogP contribution is 2.41. The van der Waals surface area contributed by atoms with Crippen molar-refractivity contribution in [3.05, 3.63) is 41.2 Å². The number of alkyl halides is 2. The van der Waals surface area contributed by atoms with E-state index in [1.807, 2.05) is 0 Å². The number of likely N-dealkylation sites (tertiary alicyclic amines) is 1. The van der Waals surface area contributed by atoms with Crippen LogP contribution in [-0.2, 0) is 0 Å². The highest BCUT2D eigenvalue weighted by molar-refractivity contribution is 5.65. The summed E-state index contributed by atoms with van der Waals surface area (Å²) in [6.45, 7) is 2.52. The predicted octanol–water partition coefficient (Wildman–Crippen LogP) is 5.32. The number of nitrogens with one attached hydrogen (secondary N) is 1. The highest BCUT2D eigenvalue weighted by atomic mass is 19.3. The van der Waals surface area contributed by atoms with Crippen LogP contribution in [0, 0.1) is 29.3 Å². The maximum absolute atomic E-state index is 14.2. The van der Waals surface area contributed by atoms with Crippen molar-refractivity contribution in [2.45, 2.75) is 63.0 Å². The summed E-state index contributed by atoms with van der Waals surface area (Å²) >= 11 is 0. The molecule has 2 aliphatic carbocycles. The number of β-amino-alcohol motifs (C(OH)–C–C–N with tert-alkyl or cyclic N) is 1. The maximum Gasteiger partial charge on any atom is 0.266 e. The predicted molar refractivity (Wildman–Crippen MR) is 120 cm³/mol. The minimum absolute atomic E-state index is 0.0268. The fraction of sp³-hybridized carbons (Fsp3) is 0.600. The van der Waals surface area contributed by atoms with Crippen molar-refractivity contribution in [3.63, 3.8) is 0 Å². The van der Waals surface area contributed by atoms with E-state index >= 15 is 0 Å². The van der Waals surface area contributed by atoms with E-state index in [9.17, 15) is 27.1 Å². The van der Waals surface area contributed by atoms with Gasteiger partial charge < -0.3 is 10.4 Å². The van der Waals surface area contributed by atoms with E-state index in [1.165, 1.54) is 6.42 Å². The van der Waals surface area contributed by atoms with E-state index in [0.717, 1.165) is 57.7 Å². The quantitative estimate of drug-likeness (QED) is 0.419. The Labute approximate surface area is 200 Å². The minimum Gasteiger partial charge on any atom is -0.389 e. The smallest absolute Gasteiger partial charge is 0.266 e. The third kappa shape index (κ3) is 5.14. The van der Waals surface area contributed by atoms with Crippen LogP contribution in [0.25, 0.3) is 11.3 Å². The standard InChI is InChI=1S/C25H29F5N4O/c26-16-8-18(22(28)20(27)9-16)23-19(24(29)30)10-21(32-33-23)31-17-6-14-11-34(12-15(14)7-17)13-25(35)4-2-1-3-5-25/h8-10,14-15,17,24,35H,1-7,11-13H2,(H,31,32)/t14-,15+,17+. The first-order valence-electron chi connectivity index (χ1n) is 12.2. The Balaban J connectivity index is 1.25. The average Bonchev–Trinajstić information content (AvgIpc) is 3.34. The molecule has 5 nitrogen and oxygen atoms in total. The van der Waals surface area contributed by atoms with Crippen molar-refractivity contribution in [2.75, 3.05) is 25.0 Å². The lowest BCUT2D eigenvalue weighted by Crippen LogP contribution is -2.44. The SMILES string of the molecule is OC1(CN2C[C@H]3C[C@H](Nc4cc(C(F)F)c(-c5cc(F)cc(F)c5F)nn4)C[C@H]3C2)CCCCC1. The van der Waals surface area contributed by atoms with Crippen LogP contribution in [0.2, 0.25) is 0 Å². The second kappa shape index (κ2) is 9.61. The Morgan fingerprint density at radius 2 is 1.69 bits per heavy atom. The van der Waals surface area contributed by atoms with Crippen LogP contribution in [-0.4, -0.2) is 51.5 Å². The van der Waals surface area contributed by atoms with Gasteiger partial charge in [-0.05, 0) is 49.7 Å². The summed E-state index contributed by atoms with van der Waals surface area (Å²) in [5.74, 6) is -3.00. The Morgan fingerprint density at radius 3 is 2.34 bits per heavy atom. The molecular formula is C25H29F5N4O. The van der Waals surface area contributed by atoms with E-state index in [2.05, 4.69) is 20.4 Å². The molecule has 1 saturated heterocycles. The first kappa shape index (κ1) is 24.4.